The predicted molar refractivity (Wildman–Crippen MR) is 73.3 cm³/mol. The Hall–Kier alpha value is -1.31. The number of carbonyl (C=O) groups excluding carboxylic acids is 1. The fourth-order valence-electron chi connectivity index (χ4n) is 1.91. The summed E-state index contributed by atoms with van der Waals surface area (Å²) in [7, 11) is 0. The Balaban J connectivity index is 2.89. The quantitative estimate of drug-likeness (QED) is 0.729. The number of anilines is 1. The van der Waals surface area contributed by atoms with Crippen LogP contribution < -0.4 is 4.90 Å². The minimum absolute atomic E-state index is 0.246. The molecular weight excluding hydrogens is 210 g/mol. The van der Waals surface area contributed by atoms with E-state index < -0.39 is 0 Å². The molecule has 0 N–H and O–H groups in total. The lowest BCUT2D eigenvalue weighted by Crippen LogP contribution is -2.32. The molecule has 94 valence electrons. The van der Waals surface area contributed by atoms with Gasteiger partial charge in [-0.15, -0.1) is 0 Å². The second-order valence-electron chi connectivity index (χ2n) is 4.44. The topological polar surface area (TPSA) is 20.3 Å². The first-order chi connectivity index (χ1) is 8.20. The molecule has 1 amide bonds. The van der Waals surface area contributed by atoms with Crippen LogP contribution in [-0.4, -0.2) is 12.5 Å². The van der Waals surface area contributed by atoms with Gasteiger partial charge in [0.15, 0.2) is 0 Å². The molecule has 0 atom stereocenters. The Bertz CT molecular complexity index is 360. The highest BCUT2D eigenvalue weighted by Gasteiger charge is 2.15. The van der Waals surface area contributed by atoms with Gasteiger partial charge in [0.1, 0.15) is 0 Å². The van der Waals surface area contributed by atoms with Gasteiger partial charge in [-0.1, -0.05) is 38.5 Å². The molecule has 2 nitrogen and oxygen atoms in total. The van der Waals surface area contributed by atoms with Crippen molar-refractivity contribution in [1.82, 2.24) is 0 Å². The van der Waals surface area contributed by atoms with Crippen LogP contribution >= 0.6 is 0 Å². The normalized spacial score (nSPS) is 10.3. The van der Waals surface area contributed by atoms with Gasteiger partial charge in [0.2, 0.25) is 5.91 Å². The zero-order valence-corrected chi connectivity index (χ0v) is 11.2. The summed E-state index contributed by atoms with van der Waals surface area (Å²) in [4.78, 5) is 14.1. The van der Waals surface area contributed by atoms with E-state index in [-0.39, 0.29) is 5.91 Å². The number of carbonyl (C=O) groups is 1. The maximum atomic E-state index is 12.1. The van der Waals surface area contributed by atoms with Crippen molar-refractivity contribution < 1.29 is 4.79 Å². The van der Waals surface area contributed by atoms with E-state index in [0.717, 1.165) is 31.5 Å². The van der Waals surface area contributed by atoms with Crippen molar-refractivity contribution in [2.45, 2.75) is 46.5 Å². The average Bonchev–Trinajstić information content (AvgIpc) is 2.32. The maximum absolute atomic E-state index is 12.1. The van der Waals surface area contributed by atoms with Gasteiger partial charge in [0.05, 0.1) is 0 Å². The van der Waals surface area contributed by atoms with Crippen LogP contribution in [-0.2, 0) is 4.79 Å². The fraction of sp³-hybridized carbons (Fsp3) is 0.533. The van der Waals surface area contributed by atoms with Crippen molar-refractivity contribution >= 4 is 11.6 Å². The Morgan fingerprint density at radius 1 is 1.18 bits per heavy atom. The van der Waals surface area contributed by atoms with E-state index >= 15 is 0 Å². The second-order valence-corrected chi connectivity index (χ2v) is 4.44. The molecule has 1 aromatic rings. The minimum atomic E-state index is 0.246. The number of rotatable bonds is 6. The monoisotopic (exact) mass is 233 g/mol. The van der Waals surface area contributed by atoms with Gasteiger partial charge in [-0.25, -0.2) is 0 Å². The van der Waals surface area contributed by atoms with Crippen molar-refractivity contribution in [3.05, 3.63) is 29.8 Å². The van der Waals surface area contributed by atoms with Gasteiger partial charge in [0.25, 0.3) is 0 Å². The van der Waals surface area contributed by atoms with Crippen LogP contribution in [0.1, 0.15) is 45.1 Å². The molecule has 0 aliphatic heterocycles. The summed E-state index contributed by atoms with van der Waals surface area (Å²) in [5.74, 6) is 0.246. The molecule has 0 saturated heterocycles. The highest BCUT2D eigenvalue weighted by atomic mass is 16.2. The second kappa shape index (κ2) is 7.10. The molecule has 0 aliphatic rings. The van der Waals surface area contributed by atoms with Crippen molar-refractivity contribution in [2.75, 3.05) is 11.4 Å². The molecule has 0 unspecified atom stereocenters. The van der Waals surface area contributed by atoms with Crippen LogP contribution in [0.15, 0.2) is 24.3 Å². The molecule has 0 saturated carbocycles. The Labute approximate surface area is 105 Å². The third-order valence-electron chi connectivity index (χ3n) is 2.91. The summed E-state index contributed by atoms with van der Waals surface area (Å²) in [6, 6.07) is 8.12. The molecule has 1 rings (SSSR count). The molecule has 1 aromatic carbocycles. The van der Waals surface area contributed by atoms with Gasteiger partial charge in [-0.3, -0.25) is 4.79 Å². The molecule has 17 heavy (non-hydrogen) atoms. The third kappa shape index (κ3) is 3.88. The number of benzene rings is 1. The van der Waals surface area contributed by atoms with Crippen molar-refractivity contribution in [2.24, 2.45) is 0 Å². The van der Waals surface area contributed by atoms with Gasteiger partial charge >= 0.3 is 0 Å². The zero-order chi connectivity index (χ0) is 12.7. The predicted octanol–water partition coefficient (Wildman–Crippen LogP) is 3.93. The summed E-state index contributed by atoms with van der Waals surface area (Å²) in [6.07, 6.45) is 3.72. The first-order valence-electron chi connectivity index (χ1n) is 6.56. The summed E-state index contributed by atoms with van der Waals surface area (Å²) >= 11 is 0. The molecule has 0 fully saturated rings. The van der Waals surface area contributed by atoms with Gasteiger partial charge < -0.3 is 4.90 Å². The standard InChI is InChI=1S/C15H23NO/c1-4-6-12-16(15(17)9-5-2)14-11-8-7-10-13(14)3/h7-8,10-11H,4-6,9,12H2,1-3H3. The Kier molecular flexibility index (Phi) is 5.75. The number of hydrogen-bond donors (Lipinski definition) is 0. The fourth-order valence-corrected chi connectivity index (χ4v) is 1.91. The molecule has 0 radical (unpaired) electrons. The van der Waals surface area contributed by atoms with Crippen LogP contribution in [0.4, 0.5) is 5.69 Å². The molecule has 2 heteroatoms. The van der Waals surface area contributed by atoms with Crippen LogP contribution in [0.2, 0.25) is 0 Å². The van der Waals surface area contributed by atoms with Crippen LogP contribution in [0.5, 0.6) is 0 Å². The molecule has 0 aromatic heterocycles. The number of hydrogen-bond acceptors (Lipinski definition) is 1. The number of para-hydroxylation sites is 1. The molecule has 0 spiro atoms. The van der Waals surface area contributed by atoms with E-state index in [9.17, 15) is 4.79 Å². The summed E-state index contributed by atoms with van der Waals surface area (Å²) in [6.45, 7) is 7.10. The first kappa shape index (κ1) is 13.8. The van der Waals surface area contributed by atoms with Gasteiger partial charge in [0, 0.05) is 18.7 Å². The lowest BCUT2D eigenvalue weighted by Gasteiger charge is -2.24. The number of unbranched alkanes of at least 4 members (excludes halogenated alkanes) is 1. The van der Waals surface area contributed by atoms with E-state index in [4.69, 9.17) is 0 Å². The lowest BCUT2D eigenvalue weighted by molar-refractivity contribution is -0.118. The summed E-state index contributed by atoms with van der Waals surface area (Å²) in [5.41, 5.74) is 2.24. The average molecular weight is 233 g/mol. The van der Waals surface area contributed by atoms with Gasteiger partial charge in [-0.05, 0) is 31.4 Å². The highest BCUT2D eigenvalue weighted by molar-refractivity contribution is 5.94. The SMILES string of the molecule is CCCCN(C(=O)CCC)c1ccccc1C. The highest BCUT2D eigenvalue weighted by Crippen LogP contribution is 2.21. The van der Waals surface area contributed by atoms with E-state index in [0.29, 0.717) is 6.42 Å². The summed E-state index contributed by atoms with van der Waals surface area (Å²) in [5, 5.41) is 0. The molecule has 0 heterocycles. The minimum Gasteiger partial charge on any atom is -0.312 e. The van der Waals surface area contributed by atoms with Gasteiger partial charge in [-0.2, -0.15) is 0 Å². The molecule has 0 aliphatic carbocycles. The van der Waals surface area contributed by atoms with E-state index in [2.05, 4.69) is 19.9 Å². The van der Waals surface area contributed by atoms with Crippen molar-refractivity contribution in [1.29, 1.82) is 0 Å². The molecule has 0 bridgehead atoms. The van der Waals surface area contributed by atoms with E-state index in [1.54, 1.807) is 0 Å². The Morgan fingerprint density at radius 2 is 1.88 bits per heavy atom. The number of aryl methyl sites for hydroxylation is 1. The number of nitrogens with zero attached hydrogens (tertiary/aromatic N) is 1. The van der Waals surface area contributed by atoms with Crippen LogP contribution in [0.3, 0.4) is 0 Å². The van der Waals surface area contributed by atoms with E-state index in [1.165, 1.54) is 5.56 Å². The van der Waals surface area contributed by atoms with Crippen molar-refractivity contribution in [3.63, 3.8) is 0 Å². The van der Waals surface area contributed by atoms with Crippen molar-refractivity contribution in [3.8, 4) is 0 Å². The molecular formula is C15H23NO. The lowest BCUT2D eigenvalue weighted by atomic mass is 10.1. The zero-order valence-electron chi connectivity index (χ0n) is 11.2. The first-order valence-corrected chi connectivity index (χ1v) is 6.56. The third-order valence-corrected chi connectivity index (χ3v) is 2.91. The van der Waals surface area contributed by atoms with E-state index in [1.807, 2.05) is 30.0 Å². The maximum Gasteiger partial charge on any atom is 0.226 e. The van der Waals surface area contributed by atoms with Crippen LogP contribution in [0.25, 0.3) is 0 Å². The van der Waals surface area contributed by atoms with Crippen LogP contribution in [0, 0.1) is 6.92 Å². The largest absolute Gasteiger partial charge is 0.312 e. The number of amides is 1. The summed E-state index contributed by atoms with van der Waals surface area (Å²) < 4.78 is 0. The Morgan fingerprint density at radius 3 is 2.47 bits per heavy atom. The smallest absolute Gasteiger partial charge is 0.226 e.